The van der Waals surface area contributed by atoms with E-state index in [-0.39, 0.29) is 5.91 Å². The quantitative estimate of drug-likeness (QED) is 0.892. The van der Waals surface area contributed by atoms with Crippen LogP contribution in [0.3, 0.4) is 0 Å². The molecule has 0 aliphatic rings. The summed E-state index contributed by atoms with van der Waals surface area (Å²) in [5.74, 6) is -0.200. The van der Waals surface area contributed by atoms with Gasteiger partial charge in [-0.25, -0.2) is 0 Å². The van der Waals surface area contributed by atoms with Crippen LogP contribution in [-0.4, -0.2) is 5.91 Å². The molecule has 3 nitrogen and oxygen atoms in total. The Morgan fingerprint density at radius 3 is 2.59 bits per heavy atom. The number of thiophene rings is 1. The van der Waals surface area contributed by atoms with Crippen LogP contribution in [-0.2, 0) is 11.3 Å². The molecule has 1 amide bonds. The number of halogens is 1. The smallest absolute Gasteiger partial charge is 0.240 e. The summed E-state index contributed by atoms with van der Waals surface area (Å²) in [6, 6.07) is 5.79. The van der Waals surface area contributed by atoms with E-state index in [1.54, 1.807) is 6.07 Å². The summed E-state index contributed by atoms with van der Waals surface area (Å²) >= 11 is 7.23. The van der Waals surface area contributed by atoms with Crippen molar-refractivity contribution in [2.24, 2.45) is 5.41 Å². The average molecular weight is 271 g/mol. The van der Waals surface area contributed by atoms with E-state index in [4.69, 9.17) is 16.9 Å². The molecule has 0 unspecified atom stereocenters. The average Bonchev–Trinajstić information content (AvgIpc) is 2.75. The number of carbonyl (C=O) groups is 1. The molecular weight excluding hydrogens is 256 g/mol. The standard InChI is InChI=1S/C12H15ClN2OS/c1-3-12(4-2,8-14)11(16)15-7-9-5-6-10(13)17-9/h5-6H,3-4,7H2,1-2H3,(H,15,16). The number of rotatable bonds is 5. The molecule has 0 fully saturated rings. The number of amides is 1. The van der Waals surface area contributed by atoms with E-state index < -0.39 is 5.41 Å². The second-order valence-electron chi connectivity index (χ2n) is 3.79. The summed E-state index contributed by atoms with van der Waals surface area (Å²) < 4.78 is 0.701. The van der Waals surface area contributed by atoms with Gasteiger partial charge in [0, 0.05) is 4.88 Å². The Balaban J connectivity index is 2.63. The van der Waals surface area contributed by atoms with E-state index in [9.17, 15) is 4.79 Å². The van der Waals surface area contributed by atoms with Crippen LogP contribution in [0.1, 0.15) is 31.6 Å². The van der Waals surface area contributed by atoms with Crippen LogP contribution in [0.25, 0.3) is 0 Å². The van der Waals surface area contributed by atoms with Gasteiger partial charge in [-0.2, -0.15) is 5.26 Å². The van der Waals surface area contributed by atoms with Crippen LogP contribution in [0.2, 0.25) is 4.34 Å². The van der Waals surface area contributed by atoms with E-state index in [2.05, 4.69) is 11.4 Å². The SMILES string of the molecule is CCC(C#N)(CC)C(=O)NCc1ccc(Cl)s1. The van der Waals surface area contributed by atoms with Gasteiger partial charge in [-0.3, -0.25) is 4.79 Å². The fourth-order valence-electron chi connectivity index (χ4n) is 1.56. The van der Waals surface area contributed by atoms with Crippen LogP contribution in [0.15, 0.2) is 12.1 Å². The number of carbonyl (C=O) groups excluding carboxylic acids is 1. The van der Waals surface area contributed by atoms with Gasteiger partial charge in [0.2, 0.25) is 5.91 Å². The molecule has 5 heteroatoms. The van der Waals surface area contributed by atoms with Crippen molar-refractivity contribution >= 4 is 28.8 Å². The second kappa shape index (κ2) is 6.04. The molecule has 0 spiro atoms. The lowest BCUT2D eigenvalue weighted by Gasteiger charge is -2.21. The maximum atomic E-state index is 12.0. The lowest BCUT2D eigenvalue weighted by atomic mass is 9.83. The molecule has 0 saturated heterocycles. The summed E-state index contributed by atoms with van der Waals surface area (Å²) in [5, 5.41) is 11.9. The molecule has 1 N–H and O–H groups in total. The van der Waals surface area contributed by atoms with Crippen molar-refractivity contribution in [1.82, 2.24) is 5.32 Å². The molecule has 0 bridgehead atoms. The minimum Gasteiger partial charge on any atom is -0.350 e. The first kappa shape index (κ1) is 14.0. The van der Waals surface area contributed by atoms with Crippen molar-refractivity contribution in [3.8, 4) is 6.07 Å². The largest absolute Gasteiger partial charge is 0.350 e. The van der Waals surface area contributed by atoms with Crippen LogP contribution in [0.5, 0.6) is 0 Å². The summed E-state index contributed by atoms with van der Waals surface area (Å²) in [6.07, 6.45) is 1.05. The van der Waals surface area contributed by atoms with Gasteiger partial charge in [0.1, 0.15) is 5.41 Å². The number of nitrogens with one attached hydrogen (secondary N) is 1. The third-order valence-corrected chi connectivity index (χ3v) is 4.14. The highest BCUT2D eigenvalue weighted by Gasteiger charge is 2.34. The maximum Gasteiger partial charge on any atom is 0.240 e. The summed E-state index contributed by atoms with van der Waals surface area (Å²) in [7, 11) is 0. The Morgan fingerprint density at radius 1 is 1.53 bits per heavy atom. The van der Waals surface area contributed by atoms with Crippen LogP contribution < -0.4 is 5.32 Å². The minimum absolute atomic E-state index is 0.200. The van der Waals surface area contributed by atoms with E-state index in [1.165, 1.54) is 11.3 Å². The maximum absolute atomic E-state index is 12.0. The molecular formula is C12H15ClN2OS. The van der Waals surface area contributed by atoms with Gasteiger partial charge in [0.15, 0.2) is 0 Å². The summed E-state index contributed by atoms with van der Waals surface area (Å²) in [4.78, 5) is 13.0. The van der Waals surface area contributed by atoms with Gasteiger partial charge in [-0.1, -0.05) is 25.4 Å². The highest BCUT2D eigenvalue weighted by atomic mass is 35.5. The molecule has 0 aromatic carbocycles. The highest BCUT2D eigenvalue weighted by Crippen LogP contribution is 2.26. The highest BCUT2D eigenvalue weighted by molar-refractivity contribution is 7.16. The zero-order chi connectivity index (χ0) is 12.9. The third-order valence-electron chi connectivity index (χ3n) is 2.91. The van der Waals surface area contributed by atoms with Gasteiger partial charge in [-0.15, -0.1) is 11.3 Å². The Bertz CT molecular complexity index is 432. The van der Waals surface area contributed by atoms with Crippen LogP contribution >= 0.6 is 22.9 Å². The van der Waals surface area contributed by atoms with E-state index in [0.717, 1.165) is 4.88 Å². The van der Waals surface area contributed by atoms with Crippen molar-refractivity contribution in [2.45, 2.75) is 33.2 Å². The van der Waals surface area contributed by atoms with Crippen molar-refractivity contribution in [3.63, 3.8) is 0 Å². The summed E-state index contributed by atoms with van der Waals surface area (Å²) in [5.41, 5.74) is -0.902. The fourth-order valence-corrected chi connectivity index (χ4v) is 2.59. The van der Waals surface area contributed by atoms with Crippen molar-refractivity contribution in [2.75, 3.05) is 0 Å². The molecule has 1 aromatic rings. The van der Waals surface area contributed by atoms with E-state index >= 15 is 0 Å². The zero-order valence-corrected chi connectivity index (χ0v) is 11.5. The lowest BCUT2D eigenvalue weighted by Crippen LogP contribution is -2.38. The van der Waals surface area contributed by atoms with Gasteiger partial charge >= 0.3 is 0 Å². The number of nitriles is 1. The van der Waals surface area contributed by atoms with Gasteiger partial charge in [-0.05, 0) is 25.0 Å². The lowest BCUT2D eigenvalue weighted by molar-refractivity contribution is -0.128. The Morgan fingerprint density at radius 2 is 2.18 bits per heavy atom. The fraction of sp³-hybridized carbons (Fsp3) is 0.500. The number of nitrogens with zero attached hydrogens (tertiary/aromatic N) is 1. The Labute approximate surface area is 110 Å². The third kappa shape index (κ3) is 3.21. The molecule has 1 aromatic heterocycles. The molecule has 92 valence electrons. The predicted octanol–water partition coefficient (Wildman–Crippen LogP) is 3.35. The topological polar surface area (TPSA) is 52.9 Å². The molecule has 1 heterocycles. The molecule has 0 aliphatic carbocycles. The monoisotopic (exact) mass is 270 g/mol. The predicted molar refractivity (Wildman–Crippen MR) is 69.8 cm³/mol. The van der Waals surface area contributed by atoms with Crippen molar-refractivity contribution in [1.29, 1.82) is 5.26 Å². The number of hydrogen-bond donors (Lipinski definition) is 1. The van der Waals surface area contributed by atoms with Crippen LogP contribution in [0.4, 0.5) is 0 Å². The van der Waals surface area contributed by atoms with Gasteiger partial charge < -0.3 is 5.32 Å². The first-order chi connectivity index (χ1) is 8.07. The van der Waals surface area contributed by atoms with E-state index in [0.29, 0.717) is 23.7 Å². The van der Waals surface area contributed by atoms with Crippen LogP contribution in [0, 0.1) is 16.7 Å². The first-order valence-electron chi connectivity index (χ1n) is 5.51. The molecule has 0 saturated carbocycles. The summed E-state index contributed by atoms with van der Waals surface area (Å²) in [6.45, 7) is 4.14. The molecule has 0 radical (unpaired) electrons. The molecule has 17 heavy (non-hydrogen) atoms. The van der Waals surface area contributed by atoms with Crippen molar-refractivity contribution in [3.05, 3.63) is 21.3 Å². The minimum atomic E-state index is -0.902. The van der Waals surface area contributed by atoms with Gasteiger partial charge in [0.05, 0.1) is 17.0 Å². The van der Waals surface area contributed by atoms with Crippen molar-refractivity contribution < 1.29 is 4.79 Å². The van der Waals surface area contributed by atoms with Gasteiger partial charge in [0.25, 0.3) is 0 Å². The molecule has 0 aliphatic heterocycles. The molecule has 0 atom stereocenters. The number of hydrogen-bond acceptors (Lipinski definition) is 3. The van der Waals surface area contributed by atoms with E-state index in [1.807, 2.05) is 19.9 Å². The Hall–Kier alpha value is -1.05. The second-order valence-corrected chi connectivity index (χ2v) is 5.59. The normalized spacial score (nSPS) is 10.9. The Kier molecular flexibility index (Phi) is 4.98. The zero-order valence-electron chi connectivity index (χ0n) is 9.92. The molecule has 1 rings (SSSR count). The first-order valence-corrected chi connectivity index (χ1v) is 6.71.